The maximum Gasteiger partial charge on any atom is 0.226 e. The van der Waals surface area contributed by atoms with E-state index in [1.807, 2.05) is 0 Å². The summed E-state index contributed by atoms with van der Waals surface area (Å²) in [6.45, 7) is 7.04. The molecule has 0 bridgehead atoms. The molecule has 1 saturated carbocycles. The van der Waals surface area contributed by atoms with Crippen molar-refractivity contribution in [1.29, 1.82) is 0 Å². The van der Waals surface area contributed by atoms with Gasteiger partial charge in [0.2, 0.25) is 5.95 Å². The molecular formula is C14H22N6O. The average molecular weight is 290 g/mol. The molecule has 1 aliphatic carbocycles. The van der Waals surface area contributed by atoms with E-state index in [1.54, 1.807) is 6.20 Å². The van der Waals surface area contributed by atoms with Gasteiger partial charge in [-0.3, -0.25) is 5.10 Å². The van der Waals surface area contributed by atoms with Crippen molar-refractivity contribution in [2.24, 2.45) is 5.41 Å². The number of anilines is 2. The maximum atomic E-state index is 9.86. The van der Waals surface area contributed by atoms with Crippen molar-refractivity contribution in [3.05, 3.63) is 6.20 Å². The van der Waals surface area contributed by atoms with E-state index in [0.29, 0.717) is 11.6 Å². The van der Waals surface area contributed by atoms with E-state index in [9.17, 15) is 5.11 Å². The molecule has 2 atom stereocenters. The zero-order valence-corrected chi connectivity index (χ0v) is 12.6. The summed E-state index contributed by atoms with van der Waals surface area (Å²) in [4.78, 5) is 8.95. The molecule has 2 heterocycles. The quantitative estimate of drug-likeness (QED) is 0.669. The number of fused-ring (bicyclic) bond motifs is 1. The zero-order chi connectivity index (χ0) is 15.0. The number of hydrogen-bond donors (Lipinski definition) is 4. The van der Waals surface area contributed by atoms with Crippen LogP contribution < -0.4 is 10.6 Å². The molecule has 1 aliphatic rings. The second kappa shape index (κ2) is 5.14. The van der Waals surface area contributed by atoms with Crippen LogP contribution in [0.25, 0.3) is 11.0 Å². The Bertz CT molecular complexity index is 637. The molecule has 4 N–H and O–H groups in total. The fourth-order valence-corrected chi connectivity index (χ4v) is 2.57. The third kappa shape index (κ3) is 2.42. The Hall–Kier alpha value is -1.89. The summed E-state index contributed by atoms with van der Waals surface area (Å²) in [6, 6.07) is 0.194. The highest BCUT2D eigenvalue weighted by Gasteiger charge is 2.47. The van der Waals surface area contributed by atoms with Gasteiger partial charge in [-0.2, -0.15) is 15.1 Å². The van der Waals surface area contributed by atoms with Crippen LogP contribution in [0, 0.1) is 5.41 Å². The van der Waals surface area contributed by atoms with Crippen LogP contribution in [0.1, 0.15) is 33.6 Å². The van der Waals surface area contributed by atoms with Crippen molar-refractivity contribution in [1.82, 2.24) is 20.2 Å². The highest BCUT2D eigenvalue weighted by molar-refractivity contribution is 5.87. The van der Waals surface area contributed by atoms with Crippen molar-refractivity contribution in [2.75, 3.05) is 17.2 Å². The van der Waals surface area contributed by atoms with E-state index in [1.165, 1.54) is 0 Å². The van der Waals surface area contributed by atoms with Crippen LogP contribution >= 0.6 is 0 Å². The Morgan fingerprint density at radius 2 is 2.24 bits per heavy atom. The molecule has 0 spiro atoms. The van der Waals surface area contributed by atoms with Crippen molar-refractivity contribution in [3.63, 3.8) is 0 Å². The lowest BCUT2D eigenvalue weighted by Gasteiger charge is -2.49. The molecule has 0 amide bonds. The number of H-pyrrole nitrogens is 1. The minimum atomic E-state index is -0.269. The molecule has 7 heteroatoms. The van der Waals surface area contributed by atoms with Crippen LogP contribution in [0.5, 0.6) is 0 Å². The van der Waals surface area contributed by atoms with Crippen molar-refractivity contribution in [2.45, 2.75) is 45.8 Å². The standard InChI is InChI=1S/C14H22N6O/c1-4-5-15-13-18-11(8-7-16-20-12(8)19-13)17-9-6-10(21)14(9,2)3/h7,9-10,21H,4-6H2,1-3H3,(H3,15,16,17,18,19,20). The van der Waals surface area contributed by atoms with E-state index in [0.717, 1.165) is 30.6 Å². The van der Waals surface area contributed by atoms with E-state index in [-0.39, 0.29) is 17.6 Å². The molecule has 0 aromatic carbocycles. The summed E-state index contributed by atoms with van der Waals surface area (Å²) >= 11 is 0. The minimum absolute atomic E-state index is 0.155. The minimum Gasteiger partial charge on any atom is -0.392 e. The lowest BCUT2D eigenvalue weighted by molar-refractivity contribution is -0.0511. The number of hydrogen-bond acceptors (Lipinski definition) is 6. The first kappa shape index (κ1) is 14.1. The molecule has 0 radical (unpaired) electrons. The molecule has 2 unspecified atom stereocenters. The summed E-state index contributed by atoms with van der Waals surface area (Å²) in [5.41, 5.74) is 0.557. The first-order chi connectivity index (χ1) is 10.0. The lowest BCUT2D eigenvalue weighted by Crippen LogP contribution is -2.57. The summed E-state index contributed by atoms with van der Waals surface area (Å²) < 4.78 is 0. The van der Waals surface area contributed by atoms with Gasteiger partial charge in [0.15, 0.2) is 5.65 Å². The van der Waals surface area contributed by atoms with E-state index >= 15 is 0 Å². The number of aliphatic hydroxyl groups is 1. The highest BCUT2D eigenvalue weighted by atomic mass is 16.3. The molecule has 21 heavy (non-hydrogen) atoms. The molecule has 3 rings (SSSR count). The molecule has 2 aromatic heterocycles. The van der Waals surface area contributed by atoms with E-state index in [2.05, 4.69) is 51.6 Å². The monoisotopic (exact) mass is 290 g/mol. The average Bonchev–Trinajstić information content (AvgIpc) is 2.93. The Kier molecular flexibility index (Phi) is 3.44. The highest BCUT2D eigenvalue weighted by Crippen LogP contribution is 2.42. The van der Waals surface area contributed by atoms with Crippen LogP contribution in [0.3, 0.4) is 0 Å². The van der Waals surface area contributed by atoms with Gasteiger partial charge in [0.05, 0.1) is 17.7 Å². The van der Waals surface area contributed by atoms with Crippen molar-refractivity contribution < 1.29 is 5.11 Å². The number of aliphatic hydroxyl groups excluding tert-OH is 1. The molecule has 2 aromatic rings. The van der Waals surface area contributed by atoms with Crippen molar-refractivity contribution >= 4 is 22.8 Å². The topological polar surface area (TPSA) is 98.8 Å². The Morgan fingerprint density at radius 1 is 1.43 bits per heavy atom. The van der Waals surface area contributed by atoms with Crippen LogP contribution in [0.2, 0.25) is 0 Å². The predicted octanol–water partition coefficient (Wildman–Crippen LogP) is 1.75. The smallest absolute Gasteiger partial charge is 0.226 e. The predicted molar refractivity (Wildman–Crippen MR) is 82.3 cm³/mol. The van der Waals surface area contributed by atoms with Gasteiger partial charge in [0, 0.05) is 18.0 Å². The molecular weight excluding hydrogens is 268 g/mol. The number of nitrogens with zero attached hydrogens (tertiary/aromatic N) is 3. The molecule has 114 valence electrons. The van der Waals surface area contributed by atoms with Crippen LogP contribution in [0.4, 0.5) is 11.8 Å². The number of nitrogens with one attached hydrogen (secondary N) is 3. The maximum absolute atomic E-state index is 9.86. The SMILES string of the molecule is CCCNc1nc(NC2CC(O)C2(C)C)c2cn[nH]c2n1. The molecule has 7 nitrogen and oxygen atoms in total. The Balaban J connectivity index is 1.88. The number of aromatic nitrogens is 4. The van der Waals surface area contributed by atoms with Gasteiger partial charge >= 0.3 is 0 Å². The Morgan fingerprint density at radius 3 is 2.90 bits per heavy atom. The van der Waals surface area contributed by atoms with Gasteiger partial charge < -0.3 is 15.7 Å². The van der Waals surface area contributed by atoms with E-state index in [4.69, 9.17) is 0 Å². The van der Waals surface area contributed by atoms with Gasteiger partial charge in [-0.05, 0) is 12.8 Å². The molecule has 0 saturated heterocycles. The Labute approximate surface area is 123 Å². The zero-order valence-electron chi connectivity index (χ0n) is 12.6. The van der Waals surface area contributed by atoms with Crippen molar-refractivity contribution in [3.8, 4) is 0 Å². The van der Waals surface area contributed by atoms with Gasteiger partial charge in [0.25, 0.3) is 0 Å². The number of rotatable bonds is 5. The van der Waals surface area contributed by atoms with Crippen LogP contribution in [-0.4, -0.2) is 44.0 Å². The molecule has 0 aliphatic heterocycles. The van der Waals surface area contributed by atoms with Crippen LogP contribution in [0.15, 0.2) is 6.20 Å². The third-order valence-corrected chi connectivity index (χ3v) is 4.37. The van der Waals surface area contributed by atoms with Crippen LogP contribution in [-0.2, 0) is 0 Å². The first-order valence-electron chi connectivity index (χ1n) is 7.42. The summed E-state index contributed by atoms with van der Waals surface area (Å²) in [6.07, 6.45) is 3.20. The lowest BCUT2D eigenvalue weighted by atomic mass is 9.64. The largest absolute Gasteiger partial charge is 0.392 e. The first-order valence-corrected chi connectivity index (χ1v) is 7.42. The second-order valence-electron chi connectivity index (χ2n) is 6.22. The second-order valence-corrected chi connectivity index (χ2v) is 6.22. The summed E-state index contributed by atoms with van der Waals surface area (Å²) in [5, 5.41) is 24.3. The fourth-order valence-electron chi connectivity index (χ4n) is 2.57. The van der Waals surface area contributed by atoms with Gasteiger partial charge in [-0.1, -0.05) is 20.8 Å². The van der Waals surface area contributed by atoms with Gasteiger partial charge in [-0.25, -0.2) is 0 Å². The van der Waals surface area contributed by atoms with Gasteiger partial charge in [-0.15, -0.1) is 0 Å². The van der Waals surface area contributed by atoms with E-state index < -0.39 is 0 Å². The fraction of sp³-hybridized carbons (Fsp3) is 0.643. The third-order valence-electron chi connectivity index (χ3n) is 4.37. The molecule has 1 fully saturated rings. The summed E-state index contributed by atoms with van der Waals surface area (Å²) in [5.74, 6) is 1.35. The van der Waals surface area contributed by atoms with Gasteiger partial charge in [0.1, 0.15) is 5.82 Å². The summed E-state index contributed by atoms with van der Waals surface area (Å²) in [7, 11) is 0. The number of aromatic amines is 1. The normalized spacial score (nSPS) is 23.8.